The second kappa shape index (κ2) is 15.2. The number of nitrogen functional groups attached to an aromatic ring is 2. The lowest BCUT2D eigenvalue weighted by atomic mass is 9.98. The average Bonchev–Trinajstić information content (AvgIpc) is 3.11. The first-order valence-electron chi connectivity index (χ1n) is 15.9. The fourth-order valence-corrected chi connectivity index (χ4v) is 5.78. The molecule has 3 heterocycles. The molecule has 0 atom stereocenters. The summed E-state index contributed by atoms with van der Waals surface area (Å²) in [4.78, 5) is 30.7. The van der Waals surface area contributed by atoms with E-state index in [4.69, 9.17) is 16.2 Å². The van der Waals surface area contributed by atoms with Crippen molar-refractivity contribution in [3.63, 3.8) is 0 Å². The van der Waals surface area contributed by atoms with Crippen LogP contribution in [0.3, 0.4) is 0 Å². The molecular weight excluding hydrogens is 588 g/mol. The molecule has 10 heteroatoms. The molecule has 3 aromatic carbocycles. The summed E-state index contributed by atoms with van der Waals surface area (Å²) in [7, 11) is 0. The van der Waals surface area contributed by atoms with Gasteiger partial charge in [0, 0.05) is 50.0 Å². The Labute approximate surface area is 275 Å². The van der Waals surface area contributed by atoms with Gasteiger partial charge in [-0.25, -0.2) is 15.0 Å². The maximum atomic E-state index is 13.0. The van der Waals surface area contributed by atoms with Crippen LogP contribution >= 0.6 is 0 Å². The fourth-order valence-electron chi connectivity index (χ4n) is 5.78. The summed E-state index contributed by atoms with van der Waals surface area (Å²) in [6.45, 7) is 4.91. The van der Waals surface area contributed by atoms with Gasteiger partial charge in [-0.2, -0.15) is 0 Å². The second-order valence-corrected chi connectivity index (χ2v) is 11.6. The number of anilines is 3. The van der Waals surface area contributed by atoms with Crippen LogP contribution in [0.1, 0.15) is 35.6 Å². The van der Waals surface area contributed by atoms with Gasteiger partial charge in [-0.05, 0) is 53.9 Å². The van der Waals surface area contributed by atoms with Crippen molar-refractivity contribution in [3.8, 4) is 17.1 Å². The molecule has 1 amide bonds. The second-order valence-electron chi connectivity index (χ2n) is 11.6. The highest BCUT2D eigenvalue weighted by Gasteiger charge is 2.19. The van der Waals surface area contributed by atoms with Crippen LogP contribution in [-0.2, 0) is 11.4 Å². The molecule has 1 aliphatic heterocycles. The van der Waals surface area contributed by atoms with Crippen LogP contribution in [0.25, 0.3) is 11.3 Å². The lowest BCUT2D eigenvalue weighted by Gasteiger charge is -2.36. The van der Waals surface area contributed by atoms with Crippen molar-refractivity contribution in [2.75, 3.05) is 49.1 Å². The number of hydrogen-bond acceptors (Lipinski definition) is 9. The summed E-state index contributed by atoms with van der Waals surface area (Å²) < 4.78 is 5.85. The number of ether oxygens (including phenoxy) is 1. The predicted molar refractivity (Wildman–Crippen MR) is 186 cm³/mol. The molecule has 0 bridgehead atoms. The molecule has 5 N–H and O–H groups in total. The quantitative estimate of drug-likeness (QED) is 0.173. The van der Waals surface area contributed by atoms with Crippen molar-refractivity contribution in [2.45, 2.75) is 25.5 Å². The molecule has 6 rings (SSSR count). The minimum absolute atomic E-state index is 0.0739. The van der Waals surface area contributed by atoms with Crippen LogP contribution in [-0.4, -0.2) is 58.5 Å². The highest BCUT2D eigenvalue weighted by molar-refractivity contribution is 5.77. The Morgan fingerprint density at radius 2 is 1.53 bits per heavy atom. The molecule has 5 aromatic rings. The van der Waals surface area contributed by atoms with Gasteiger partial charge in [0.2, 0.25) is 5.91 Å². The maximum absolute atomic E-state index is 13.0. The molecule has 0 unspecified atom stereocenters. The van der Waals surface area contributed by atoms with Crippen LogP contribution in [0.15, 0.2) is 109 Å². The maximum Gasteiger partial charge on any atom is 0.258 e. The Morgan fingerprint density at radius 1 is 0.851 bits per heavy atom. The zero-order chi connectivity index (χ0) is 32.4. The molecule has 0 radical (unpaired) electrons. The number of nitrogens with two attached hydrogens (primary N) is 2. The molecule has 1 fully saturated rings. The van der Waals surface area contributed by atoms with Gasteiger partial charge in [0.1, 0.15) is 12.4 Å². The van der Waals surface area contributed by atoms with Crippen LogP contribution in [0.5, 0.6) is 5.88 Å². The molecular formula is C37H40N8O2. The number of pyridine rings is 1. The van der Waals surface area contributed by atoms with Gasteiger partial charge in [0.05, 0.1) is 17.9 Å². The summed E-state index contributed by atoms with van der Waals surface area (Å²) in [6.07, 6.45) is 4.61. The highest BCUT2D eigenvalue weighted by atomic mass is 16.5. The first-order chi connectivity index (χ1) is 23.0. The van der Waals surface area contributed by atoms with Gasteiger partial charge in [-0.1, -0.05) is 72.8 Å². The molecule has 0 spiro atoms. The number of nitrogens with one attached hydrogen (secondary N) is 1. The first-order valence-corrected chi connectivity index (χ1v) is 15.9. The van der Waals surface area contributed by atoms with Gasteiger partial charge < -0.3 is 26.4 Å². The molecule has 47 heavy (non-hydrogen) atoms. The SMILES string of the molecule is Nc1cc(COc2nc(-c3ccc(N4CCN(CCCC(=O)NC(c5ccccc5)c5ccccc5)CC4)cc3)cnc2N)ccn1. The number of amides is 1. The summed E-state index contributed by atoms with van der Waals surface area (Å²) in [5, 5.41) is 3.26. The predicted octanol–water partition coefficient (Wildman–Crippen LogP) is 5.09. The Morgan fingerprint density at radius 3 is 2.19 bits per heavy atom. The zero-order valence-electron chi connectivity index (χ0n) is 26.3. The highest BCUT2D eigenvalue weighted by Crippen LogP contribution is 2.27. The van der Waals surface area contributed by atoms with E-state index < -0.39 is 0 Å². The van der Waals surface area contributed by atoms with Gasteiger partial charge in [-0.3, -0.25) is 9.69 Å². The largest absolute Gasteiger partial charge is 0.470 e. The summed E-state index contributed by atoms with van der Waals surface area (Å²) in [5.41, 5.74) is 17.6. The van der Waals surface area contributed by atoms with E-state index in [0.29, 0.717) is 17.9 Å². The van der Waals surface area contributed by atoms with Gasteiger partial charge in [0.25, 0.3) is 5.88 Å². The van der Waals surface area contributed by atoms with E-state index >= 15 is 0 Å². The van der Waals surface area contributed by atoms with E-state index in [0.717, 1.165) is 67.1 Å². The first kappa shape index (κ1) is 31.5. The van der Waals surface area contributed by atoms with Crippen molar-refractivity contribution < 1.29 is 9.53 Å². The third-order valence-corrected chi connectivity index (χ3v) is 8.34. The molecule has 240 valence electrons. The number of rotatable bonds is 12. The van der Waals surface area contributed by atoms with Crippen LogP contribution in [0.4, 0.5) is 17.3 Å². The van der Waals surface area contributed by atoms with Crippen molar-refractivity contribution in [3.05, 3.63) is 126 Å². The average molecular weight is 629 g/mol. The number of carbonyl (C=O) groups excluding carboxylic acids is 1. The van der Waals surface area contributed by atoms with Crippen LogP contribution in [0.2, 0.25) is 0 Å². The van der Waals surface area contributed by atoms with E-state index in [1.54, 1.807) is 18.5 Å². The molecule has 10 nitrogen and oxygen atoms in total. The number of aromatic nitrogens is 3. The number of hydrogen-bond donors (Lipinski definition) is 3. The van der Waals surface area contributed by atoms with Crippen molar-refractivity contribution in [2.24, 2.45) is 0 Å². The minimum atomic E-state index is -0.153. The van der Waals surface area contributed by atoms with Crippen molar-refractivity contribution >= 4 is 23.2 Å². The summed E-state index contributed by atoms with van der Waals surface area (Å²) >= 11 is 0. The Hall–Kier alpha value is -5.48. The van der Waals surface area contributed by atoms with E-state index in [-0.39, 0.29) is 30.3 Å². The minimum Gasteiger partial charge on any atom is -0.470 e. The number of benzene rings is 3. The lowest BCUT2D eigenvalue weighted by Crippen LogP contribution is -2.46. The van der Waals surface area contributed by atoms with Gasteiger partial charge in [-0.15, -0.1) is 0 Å². The topological polar surface area (TPSA) is 136 Å². The fraction of sp³-hybridized carbons (Fsp3) is 0.243. The summed E-state index contributed by atoms with van der Waals surface area (Å²) in [5.74, 6) is 1.01. The van der Waals surface area contributed by atoms with Gasteiger partial charge >= 0.3 is 0 Å². The molecule has 0 aliphatic carbocycles. The zero-order valence-corrected chi connectivity index (χ0v) is 26.3. The Kier molecular flexibility index (Phi) is 10.2. The summed E-state index contributed by atoms with van der Waals surface area (Å²) in [6, 6.07) is 32.0. The van der Waals surface area contributed by atoms with E-state index in [1.807, 2.05) is 54.6 Å². The number of piperazine rings is 1. The number of carbonyl (C=O) groups is 1. The standard InChI is InChI=1S/C37H40N8O2/c38-33-24-27(17-18-40-33)26-47-37-36(39)41-25-32(42-37)28-13-15-31(16-14-28)45-22-20-44(21-23-45)19-7-12-34(46)43-35(29-8-3-1-4-9-29)30-10-5-2-6-11-30/h1-6,8-11,13-18,24-25,35H,7,12,19-23,26H2,(H2,38,40)(H2,39,41)(H,43,46). The third kappa shape index (κ3) is 8.42. The normalized spacial score (nSPS) is 13.4. The molecule has 2 aromatic heterocycles. The van der Waals surface area contributed by atoms with E-state index in [1.165, 1.54) is 0 Å². The van der Waals surface area contributed by atoms with E-state index in [2.05, 4.69) is 66.5 Å². The van der Waals surface area contributed by atoms with Crippen molar-refractivity contribution in [1.29, 1.82) is 0 Å². The van der Waals surface area contributed by atoms with E-state index in [9.17, 15) is 4.79 Å². The van der Waals surface area contributed by atoms with Crippen LogP contribution < -0.4 is 26.4 Å². The Balaban J connectivity index is 0.967. The third-order valence-electron chi connectivity index (χ3n) is 8.34. The van der Waals surface area contributed by atoms with Crippen LogP contribution in [0, 0.1) is 0 Å². The van der Waals surface area contributed by atoms with Crippen molar-refractivity contribution in [1.82, 2.24) is 25.2 Å². The molecule has 1 saturated heterocycles. The monoisotopic (exact) mass is 628 g/mol. The molecule has 1 aliphatic rings. The van der Waals surface area contributed by atoms with Gasteiger partial charge in [0.15, 0.2) is 5.82 Å². The Bertz CT molecular complexity index is 1700. The lowest BCUT2D eigenvalue weighted by molar-refractivity contribution is -0.121. The molecule has 0 saturated carbocycles. The number of nitrogens with zero attached hydrogens (tertiary/aromatic N) is 5. The smallest absolute Gasteiger partial charge is 0.258 e.